The van der Waals surface area contributed by atoms with Gasteiger partial charge in [0.25, 0.3) is 0 Å². The van der Waals surface area contributed by atoms with Crippen LogP contribution in [0.3, 0.4) is 0 Å². The molecule has 0 aromatic carbocycles. The van der Waals surface area contributed by atoms with Gasteiger partial charge in [0.15, 0.2) is 18.9 Å². The van der Waals surface area contributed by atoms with Gasteiger partial charge in [-0.25, -0.2) is 0 Å². The predicted molar refractivity (Wildman–Crippen MR) is 223 cm³/mol. The van der Waals surface area contributed by atoms with E-state index in [1.54, 1.807) is 35.0 Å². The lowest BCUT2D eigenvalue weighted by Gasteiger charge is -2.67. The lowest BCUT2D eigenvalue weighted by molar-refractivity contribution is -0.352. The molecule has 7 aliphatic rings. The van der Waals surface area contributed by atoms with E-state index >= 15 is 0 Å². The summed E-state index contributed by atoms with van der Waals surface area (Å²) in [6, 6.07) is 0. The molecule has 3 aliphatic heterocycles. The summed E-state index contributed by atoms with van der Waals surface area (Å²) in [5.74, 6) is -1.70. The fourth-order valence-electron chi connectivity index (χ4n) is 13.1. The Balaban J connectivity index is 0.999. The van der Waals surface area contributed by atoms with E-state index in [2.05, 4.69) is 6.92 Å². The number of methoxy groups -OCH3 is 3. The highest BCUT2D eigenvalue weighted by Gasteiger charge is 2.81. The van der Waals surface area contributed by atoms with Gasteiger partial charge in [0.2, 0.25) is 0 Å². The van der Waals surface area contributed by atoms with E-state index in [0.717, 1.165) is 5.57 Å². The van der Waals surface area contributed by atoms with Gasteiger partial charge in [0.1, 0.15) is 59.5 Å². The van der Waals surface area contributed by atoms with Gasteiger partial charge < -0.3 is 77.6 Å². The van der Waals surface area contributed by atoms with Gasteiger partial charge in [-0.15, -0.1) is 0 Å². The van der Waals surface area contributed by atoms with Crippen molar-refractivity contribution in [2.75, 3.05) is 21.3 Å². The van der Waals surface area contributed by atoms with Crippen LogP contribution >= 0.6 is 0 Å². The van der Waals surface area contributed by atoms with E-state index in [9.17, 15) is 35.1 Å². The van der Waals surface area contributed by atoms with Crippen LogP contribution in [0.15, 0.2) is 11.6 Å². The molecule has 6 fully saturated rings. The zero-order chi connectivity index (χ0) is 46.9. The number of carbonyl (C=O) groups excluding carboxylic acids is 2. The van der Waals surface area contributed by atoms with E-state index < -0.39 is 138 Å². The normalized spacial score (nSPS) is 50.9. The molecular formula is C46H74O18. The summed E-state index contributed by atoms with van der Waals surface area (Å²) in [5, 5.41) is 59.4. The number of esters is 2. The smallest absolute Gasteiger partial charge is 0.302 e. The van der Waals surface area contributed by atoms with Gasteiger partial charge in [-0.1, -0.05) is 25.5 Å². The molecule has 7 rings (SSSR count). The Bertz CT molecular complexity index is 1720. The number of rotatable bonds is 12. The highest BCUT2D eigenvalue weighted by molar-refractivity contribution is 5.67. The molecule has 22 unspecified atom stereocenters. The largest absolute Gasteiger partial charge is 0.462 e. The van der Waals surface area contributed by atoms with Gasteiger partial charge in [-0.2, -0.15) is 0 Å². The van der Waals surface area contributed by atoms with Crippen LogP contribution in [0.2, 0.25) is 0 Å². The van der Waals surface area contributed by atoms with Crippen LogP contribution in [0, 0.1) is 16.7 Å². The van der Waals surface area contributed by atoms with Crippen LogP contribution in [-0.4, -0.2) is 174 Å². The van der Waals surface area contributed by atoms with Crippen LogP contribution in [0.5, 0.6) is 0 Å². The molecule has 0 bridgehead atoms. The van der Waals surface area contributed by atoms with Crippen molar-refractivity contribution < 1.29 is 87.2 Å². The van der Waals surface area contributed by atoms with E-state index in [1.165, 1.54) is 21.0 Å². The first-order valence-corrected chi connectivity index (χ1v) is 23.1. The maximum atomic E-state index is 12.9. The number of carbonyl (C=O) groups is 2. The van der Waals surface area contributed by atoms with Crippen molar-refractivity contribution in [3.63, 3.8) is 0 Å². The van der Waals surface area contributed by atoms with E-state index in [0.29, 0.717) is 32.1 Å². The zero-order valence-corrected chi connectivity index (χ0v) is 39.3. The third kappa shape index (κ3) is 8.20. The molecule has 3 saturated heterocycles. The topological polar surface area (TPSA) is 237 Å². The van der Waals surface area contributed by atoms with E-state index in [-0.39, 0.29) is 31.8 Å². The number of aliphatic hydroxyl groups excluding tert-OH is 2. The number of fused-ring (bicyclic) bond motifs is 5. The summed E-state index contributed by atoms with van der Waals surface area (Å²) in [6.07, 6.45) is -6.65. The summed E-state index contributed by atoms with van der Waals surface area (Å²) in [4.78, 5) is 24.7. The number of hydrogen-bond acceptors (Lipinski definition) is 18. The minimum Gasteiger partial charge on any atom is -0.462 e. The van der Waals surface area contributed by atoms with Gasteiger partial charge in [-0.3, -0.25) is 9.59 Å². The second kappa shape index (κ2) is 18.6. The Labute approximate surface area is 376 Å². The highest BCUT2D eigenvalue weighted by Crippen LogP contribution is 2.71. The quantitative estimate of drug-likeness (QED) is 0.140. The van der Waals surface area contributed by atoms with Crippen LogP contribution in [-0.2, 0) is 61.7 Å². The molecule has 0 amide bonds. The molecule has 0 aromatic heterocycles. The van der Waals surface area contributed by atoms with Gasteiger partial charge in [0.05, 0.1) is 42.0 Å². The molecule has 3 saturated carbocycles. The van der Waals surface area contributed by atoms with Crippen molar-refractivity contribution >= 4 is 11.9 Å². The standard InChI is InChI=1S/C46H74O18/c1-22-36(49)40(56-11)37(50)41(59-22)64-39-24(3)58-35(20-31(39)55-10)63-38-23(2)57-34(19-30(38)54-9)62-29-13-14-42(7)28(18-29)12-15-45(52)32(42)21-33(61-27(6)48)43(8)44(51,16-17-46(43,45)53)25(4)60-26(5)47/h12,22-25,29-41,49-53H,13-21H2,1-11H3. The lowest BCUT2D eigenvalue weighted by atomic mass is 9.42. The molecule has 0 radical (unpaired) electrons. The fourth-order valence-corrected chi connectivity index (χ4v) is 13.1. The summed E-state index contributed by atoms with van der Waals surface area (Å²) >= 11 is 0. The molecule has 18 nitrogen and oxygen atoms in total. The Morgan fingerprint density at radius 1 is 0.750 bits per heavy atom. The van der Waals surface area contributed by atoms with Crippen LogP contribution in [0.25, 0.3) is 0 Å². The monoisotopic (exact) mass is 914 g/mol. The van der Waals surface area contributed by atoms with Crippen molar-refractivity contribution in [3.8, 4) is 0 Å². The van der Waals surface area contributed by atoms with Crippen LogP contribution in [0.1, 0.15) is 113 Å². The molecule has 3 heterocycles. The maximum absolute atomic E-state index is 12.9. The molecule has 366 valence electrons. The summed E-state index contributed by atoms with van der Waals surface area (Å²) < 4.78 is 66.7. The maximum Gasteiger partial charge on any atom is 0.302 e. The first-order chi connectivity index (χ1) is 30.0. The minimum atomic E-state index is -1.89. The molecule has 0 spiro atoms. The van der Waals surface area contributed by atoms with Crippen molar-refractivity contribution in [2.45, 2.75) is 228 Å². The molecule has 0 aromatic rings. The molecule has 64 heavy (non-hydrogen) atoms. The minimum absolute atomic E-state index is 0.0140. The molecule has 4 aliphatic carbocycles. The molecule has 5 N–H and O–H groups in total. The first-order valence-electron chi connectivity index (χ1n) is 23.1. The van der Waals surface area contributed by atoms with Crippen LogP contribution in [0.4, 0.5) is 0 Å². The Hall–Kier alpha value is -1.88. The van der Waals surface area contributed by atoms with Gasteiger partial charge in [0, 0.05) is 53.9 Å². The van der Waals surface area contributed by atoms with Crippen molar-refractivity contribution in [1.29, 1.82) is 0 Å². The highest BCUT2D eigenvalue weighted by atomic mass is 16.8. The second-order valence-corrected chi connectivity index (χ2v) is 20.1. The van der Waals surface area contributed by atoms with Crippen molar-refractivity contribution in [2.24, 2.45) is 16.7 Å². The fraction of sp³-hybridized carbons (Fsp3) is 0.913. The predicted octanol–water partition coefficient (Wildman–Crippen LogP) is 2.34. The van der Waals surface area contributed by atoms with Crippen molar-refractivity contribution in [3.05, 3.63) is 11.6 Å². The lowest BCUT2D eigenvalue weighted by Crippen LogP contribution is -2.78. The number of aliphatic hydroxyl groups is 5. The van der Waals surface area contributed by atoms with Crippen LogP contribution < -0.4 is 0 Å². The number of hydrogen-bond donors (Lipinski definition) is 5. The average molecular weight is 915 g/mol. The molecule has 22 atom stereocenters. The van der Waals surface area contributed by atoms with Gasteiger partial charge in [-0.05, 0) is 78.1 Å². The third-order valence-corrected chi connectivity index (χ3v) is 16.8. The SMILES string of the molecule is COC1CC(OC2CCC3(C)C(=CCC4(O)C3CC(OC(C)=O)C3(C)C(O)(C(C)OC(C)=O)CCC43O)C2)OC(C)C1OC1CC(OC)C(OC2OC(C)C(O)C(OC)C2O)C(C)O1. The average Bonchev–Trinajstić information content (AvgIpc) is 3.46. The number of ether oxygens (including phenoxy) is 11. The van der Waals surface area contributed by atoms with Gasteiger partial charge >= 0.3 is 11.9 Å². The molecular weight excluding hydrogens is 840 g/mol. The summed E-state index contributed by atoms with van der Waals surface area (Å²) in [5.41, 5.74) is -6.47. The Morgan fingerprint density at radius 2 is 1.36 bits per heavy atom. The Kier molecular flexibility index (Phi) is 14.5. The summed E-state index contributed by atoms with van der Waals surface area (Å²) in [6.45, 7) is 13.3. The van der Waals surface area contributed by atoms with Crippen molar-refractivity contribution in [1.82, 2.24) is 0 Å². The Morgan fingerprint density at radius 3 is 1.94 bits per heavy atom. The first kappa shape index (κ1) is 50.0. The third-order valence-electron chi connectivity index (χ3n) is 16.8. The second-order valence-electron chi connectivity index (χ2n) is 20.1. The molecule has 18 heteroatoms. The summed E-state index contributed by atoms with van der Waals surface area (Å²) in [7, 11) is 4.61. The zero-order valence-electron chi connectivity index (χ0n) is 39.3. The van der Waals surface area contributed by atoms with E-state index in [4.69, 9.17) is 52.1 Å². The van der Waals surface area contributed by atoms with E-state index in [1.807, 2.05) is 19.9 Å².